The molecule has 0 saturated carbocycles. The summed E-state index contributed by atoms with van der Waals surface area (Å²) in [4.78, 5) is 13.6. The van der Waals surface area contributed by atoms with E-state index in [2.05, 4.69) is 26.7 Å². The smallest absolute Gasteiger partial charge is 0.228 e. The first-order chi connectivity index (χ1) is 10.3. The van der Waals surface area contributed by atoms with Crippen molar-refractivity contribution in [1.29, 1.82) is 0 Å². The number of hydrogen-bond acceptors (Lipinski definition) is 6. The molecule has 0 spiro atoms. The SMILES string of the molecule is CCC(CCN)N1CCCN(c2nccc(OC)n2)CC1. The minimum atomic E-state index is 0.598. The third-order valence-electron chi connectivity index (χ3n) is 4.13. The molecule has 1 saturated heterocycles. The Morgan fingerprint density at radius 3 is 2.90 bits per heavy atom. The fraction of sp³-hybridized carbons (Fsp3) is 0.733. The van der Waals surface area contributed by atoms with Gasteiger partial charge >= 0.3 is 0 Å². The highest BCUT2D eigenvalue weighted by Gasteiger charge is 2.21. The van der Waals surface area contributed by atoms with E-state index in [0.29, 0.717) is 11.9 Å². The van der Waals surface area contributed by atoms with Crippen molar-refractivity contribution < 1.29 is 4.74 Å². The van der Waals surface area contributed by atoms with Gasteiger partial charge in [-0.15, -0.1) is 0 Å². The van der Waals surface area contributed by atoms with E-state index in [9.17, 15) is 0 Å². The molecule has 118 valence electrons. The van der Waals surface area contributed by atoms with E-state index in [0.717, 1.165) is 57.9 Å². The highest BCUT2D eigenvalue weighted by Crippen LogP contribution is 2.17. The Kier molecular flexibility index (Phi) is 6.20. The van der Waals surface area contributed by atoms with Crippen LogP contribution in [0, 0.1) is 0 Å². The molecule has 2 heterocycles. The number of anilines is 1. The molecule has 0 aromatic carbocycles. The zero-order valence-corrected chi connectivity index (χ0v) is 13.2. The Hall–Kier alpha value is -1.40. The minimum absolute atomic E-state index is 0.598. The number of rotatable bonds is 6. The molecule has 21 heavy (non-hydrogen) atoms. The summed E-state index contributed by atoms with van der Waals surface area (Å²) in [5.41, 5.74) is 5.73. The Balaban J connectivity index is 1.99. The van der Waals surface area contributed by atoms with Crippen molar-refractivity contribution in [2.24, 2.45) is 5.73 Å². The molecule has 6 nitrogen and oxygen atoms in total. The molecule has 0 bridgehead atoms. The molecule has 1 unspecified atom stereocenters. The van der Waals surface area contributed by atoms with Crippen molar-refractivity contribution in [3.8, 4) is 5.88 Å². The van der Waals surface area contributed by atoms with Crippen LogP contribution in [0.1, 0.15) is 26.2 Å². The van der Waals surface area contributed by atoms with Crippen LogP contribution in [0.4, 0.5) is 5.95 Å². The topological polar surface area (TPSA) is 67.5 Å². The van der Waals surface area contributed by atoms with E-state index in [-0.39, 0.29) is 0 Å². The predicted octanol–water partition coefficient (Wildman–Crippen LogP) is 1.12. The summed E-state index contributed by atoms with van der Waals surface area (Å²) in [7, 11) is 1.63. The van der Waals surface area contributed by atoms with E-state index in [1.54, 1.807) is 19.4 Å². The third-order valence-corrected chi connectivity index (χ3v) is 4.13. The van der Waals surface area contributed by atoms with Crippen LogP contribution in [-0.4, -0.2) is 60.7 Å². The van der Waals surface area contributed by atoms with Crippen LogP contribution in [0.15, 0.2) is 12.3 Å². The summed E-state index contributed by atoms with van der Waals surface area (Å²) in [6.45, 7) is 7.11. The number of nitrogens with two attached hydrogens (primary N) is 1. The van der Waals surface area contributed by atoms with Gasteiger partial charge in [0.15, 0.2) is 0 Å². The standard InChI is InChI=1S/C15H27N5O/c1-3-13(5-7-16)19-9-4-10-20(12-11-19)15-17-8-6-14(18-15)21-2/h6,8,13H,3-5,7,9-12,16H2,1-2H3. The highest BCUT2D eigenvalue weighted by atomic mass is 16.5. The van der Waals surface area contributed by atoms with Crippen molar-refractivity contribution in [3.05, 3.63) is 12.3 Å². The molecular weight excluding hydrogens is 266 g/mol. The summed E-state index contributed by atoms with van der Waals surface area (Å²) >= 11 is 0. The van der Waals surface area contributed by atoms with Crippen molar-refractivity contribution in [2.45, 2.75) is 32.2 Å². The maximum atomic E-state index is 5.73. The number of nitrogens with zero attached hydrogens (tertiary/aromatic N) is 4. The van der Waals surface area contributed by atoms with E-state index < -0.39 is 0 Å². The van der Waals surface area contributed by atoms with E-state index in [1.807, 2.05) is 0 Å². The second kappa shape index (κ2) is 8.14. The quantitative estimate of drug-likeness (QED) is 0.848. The molecule has 1 aliphatic heterocycles. The summed E-state index contributed by atoms with van der Waals surface area (Å²) < 4.78 is 5.18. The zero-order chi connectivity index (χ0) is 15.1. The summed E-state index contributed by atoms with van der Waals surface area (Å²) in [6.07, 6.45) is 5.12. The molecule has 0 aliphatic carbocycles. The van der Waals surface area contributed by atoms with E-state index in [1.165, 1.54) is 0 Å². The van der Waals surface area contributed by atoms with Crippen molar-refractivity contribution in [1.82, 2.24) is 14.9 Å². The maximum Gasteiger partial charge on any atom is 0.228 e. The molecule has 0 amide bonds. The average molecular weight is 293 g/mol. The molecule has 1 aromatic rings. The molecular formula is C15H27N5O. The Bertz CT molecular complexity index is 428. The third kappa shape index (κ3) is 4.28. The van der Waals surface area contributed by atoms with Gasteiger partial charge < -0.3 is 15.4 Å². The Morgan fingerprint density at radius 2 is 2.19 bits per heavy atom. The van der Waals surface area contributed by atoms with Crippen molar-refractivity contribution in [2.75, 3.05) is 44.7 Å². The van der Waals surface area contributed by atoms with Gasteiger partial charge in [-0.05, 0) is 25.8 Å². The lowest BCUT2D eigenvalue weighted by molar-refractivity contribution is 0.196. The lowest BCUT2D eigenvalue weighted by atomic mass is 10.1. The Morgan fingerprint density at radius 1 is 1.33 bits per heavy atom. The molecule has 1 atom stereocenters. The molecule has 1 aliphatic rings. The van der Waals surface area contributed by atoms with Crippen molar-refractivity contribution >= 4 is 5.95 Å². The fourth-order valence-corrected chi connectivity index (χ4v) is 2.94. The molecule has 6 heteroatoms. The minimum Gasteiger partial charge on any atom is -0.481 e. The van der Waals surface area contributed by atoms with Crippen LogP contribution in [0.25, 0.3) is 0 Å². The number of ether oxygens (including phenoxy) is 1. The van der Waals surface area contributed by atoms with Crippen LogP contribution in [0.2, 0.25) is 0 Å². The predicted molar refractivity (Wildman–Crippen MR) is 84.7 cm³/mol. The van der Waals surface area contributed by atoms with Gasteiger partial charge in [0.05, 0.1) is 7.11 Å². The van der Waals surface area contributed by atoms with Gasteiger partial charge in [-0.3, -0.25) is 4.90 Å². The van der Waals surface area contributed by atoms with Crippen LogP contribution < -0.4 is 15.4 Å². The summed E-state index contributed by atoms with van der Waals surface area (Å²) in [5.74, 6) is 1.39. The summed E-state index contributed by atoms with van der Waals surface area (Å²) in [6, 6.07) is 2.38. The normalized spacial score (nSPS) is 18.3. The van der Waals surface area contributed by atoms with Gasteiger partial charge in [0.1, 0.15) is 0 Å². The first-order valence-electron chi connectivity index (χ1n) is 7.84. The van der Waals surface area contributed by atoms with Crippen LogP contribution in [0.3, 0.4) is 0 Å². The lowest BCUT2D eigenvalue weighted by Crippen LogP contribution is -2.39. The first-order valence-corrected chi connectivity index (χ1v) is 7.84. The second-order valence-corrected chi connectivity index (χ2v) is 5.41. The summed E-state index contributed by atoms with van der Waals surface area (Å²) in [5, 5.41) is 0. The van der Waals surface area contributed by atoms with Gasteiger partial charge in [0.2, 0.25) is 11.8 Å². The monoisotopic (exact) mass is 293 g/mol. The Labute approximate surface area is 127 Å². The molecule has 1 fully saturated rings. The van der Waals surface area contributed by atoms with E-state index >= 15 is 0 Å². The van der Waals surface area contributed by atoms with Gasteiger partial charge in [0, 0.05) is 44.5 Å². The van der Waals surface area contributed by atoms with E-state index in [4.69, 9.17) is 10.5 Å². The highest BCUT2D eigenvalue weighted by molar-refractivity contribution is 5.32. The van der Waals surface area contributed by atoms with Gasteiger partial charge in [-0.25, -0.2) is 4.98 Å². The maximum absolute atomic E-state index is 5.73. The van der Waals surface area contributed by atoms with Crippen LogP contribution in [-0.2, 0) is 0 Å². The molecule has 2 rings (SSSR count). The van der Waals surface area contributed by atoms with Gasteiger partial charge in [-0.2, -0.15) is 4.98 Å². The number of aromatic nitrogens is 2. The first kappa shape index (κ1) is 16.0. The number of methoxy groups -OCH3 is 1. The molecule has 1 aromatic heterocycles. The molecule has 2 N–H and O–H groups in total. The van der Waals surface area contributed by atoms with Crippen LogP contribution in [0.5, 0.6) is 5.88 Å². The molecule has 0 radical (unpaired) electrons. The van der Waals surface area contributed by atoms with Gasteiger partial charge in [0.25, 0.3) is 0 Å². The second-order valence-electron chi connectivity index (χ2n) is 5.41. The zero-order valence-electron chi connectivity index (χ0n) is 13.2. The fourth-order valence-electron chi connectivity index (χ4n) is 2.94. The number of hydrogen-bond donors (Lipinski definition) is 1. The average Bonchev–Trinajstić information content (AvgIpc) is 2.78. The van der Waals surface area contributed by atoms with Crippen molar-refractivity contribution in [3.63, 3.8) is 0 Å². The largest absolute Gasteiger partial charge is 0.481 e. The van der Waals surface area contributed by atoms with Gasteiger partial charge in [-0.1, -0.05) is 6.92 Å². The lowest BCUT2D eigenvalue weighted by Gasteiger charge is -2.29. The van der Waals surface area contributed by atoms with Crippen LogP contribution >= 0.6 is 0 Å².